The van der Waals surface area contributed by atoms with Gasteiger partial charge in [0.1, 0.15) is 24.9 Å². The van der Waals surface area contributed by atoms with Crippen molar-refractivity contribution in [1.82, 2.24) is 5.32 Å². The van der Waals surface area contributed by atoms with E-state index in [-0.39, 0.29) is 13.2 Å². The minimum atomic E-state index is -1.04. The average Bonchev–Trinajstić information content (AvgIpc) is 2.88. The number of carbonyl (C=O) groups excluding carboxylic acids is 2. The van der Waals surface area contributed by atoms with Crippen molar-refractivity contribution in [3.63, 3.8) is 0 Å². The highest BCUT2D eigenvalue weighted by atomic mass is 16.7. The minimum Gasteiger partial charge on any atom is -0.467 e. The molecule has 9 heteroatoms. The van der Waals surface area contributed by atoms with Gasteiger partial charge in [-0.3, -0.25) is 4.79 Å². The Balaban J connectivity index is 1.60. The van der Waals surface area contributed by atoms with Gasteiger partial charge in [-0.2, -0.15) is 5.26 Å². The zero-order chi connectivity index (χ0) is 23.2. The van der Waals surface area contributed by atoms with E-state index in [1.54, 1.807) is 30.3 Å². The van der Waals surface area contributed by atoms with E-state index >= 15 is 0 Å². The molecule has 2 aromatic rings. The summed E-state index contributed by atoms with van der Waals surface area (Å²) in [4.78, 5) is 24.7. The Morgan fingerprint density at radius 2 is 1.79 bits per heavy atom. The van der Waals surface area contributed by atoms with Crippen LogP contribution in [-0.4, -0.2) is 62.7 Å². The molecule has 0 radical (unpaired) electrons. The van der Waals surface area contributed by atoms with Crippen LogP contribution < -0.4 is 5.32 Å². The summed E-state index contributed by atoms with van der Waals surface area (Å²) in [6.45, 7) is -0.222. The lowest BCUT2D eigenvalue weighted by atomic mass is 9.91. The van der Waals surface area contributed by atoms with Crippen molar-refractivity contribution >= 4 is 11.9 Å². The molecule has 1 amide bonds. The van der Waals surface area contributed by atoms with Gasteiger partial charge in [0.25, 0.3) is 5.91 Å². The Hall–Kier alpha value is -3.29. The van der Waals surface area contributed by atoms with Crippen LogP contribution in [-0.2, 0) is 28.5 Å². The molecule has 1 N–H and O–H groups in total. The van der Waals surface area contributed by atoms with Crippen molar-refractivity contribution in [2.24, 2.45) is 0 Å². The number of esters is 1. The van der Waals surface area contributed by atoms with Gasteiger partial charge >= 0.3 is 5.97 Å². The highest BCUT2D eigenvalue weighted by Crippen LogP contribution is 2.35. The lowest BCUT2D eigenvalue weighted by Gasteiger charge is -2.48. The summed E-state index contributed by atoms with van der Waals surface area (Å²) in [5.41, 5.74) is 1.22. The Morgan fingerprint density at radius 3 is 2.45 bits per heavy atom. The Kier molecular flexibility index (Phi) is 7.32. The summed E-state index contributed by atoms with van der Waals surface area (Å²) in [5, 5.41) is 12.6. The number of amides is 1. The molecule has 0 aromatic heterocycles. The van der Waals surface area contributed by atoms with Crippen LogP contribution in [0, 0.1) is 11.3 Å². The van der Waals surface area contributed by atoms with Crippen molar-refractivity contribution in [2.45, 2.75) is 36.7 Å². The molecule has 6 atom stereocenters. The predicted molar refractivity (Wildman–Crippen MR) is 114 cm³/mol. The third-order valence-electron chi connectivity index (χ3n) is 5.54. The van der Waals surface area contributed by atoms with Crippen molar-refractivity contribution in [1.29, 1.82) is 5.26 Å². The van der Waals surface area contributed by atoms with E-state index in [1.165, 1.54) is 7.11 Å². The fourth-order valence-corrected chi connectivity index (χ4v) is 3.90. The molecule has 0 saturated carbocycles. The summed E-state index contributed by atoms with van der Waals surface area (Å²) in [6, 6.07) is 19.1. The summed E-state index contributed by atoms with van der Waals surface area (Å²) >= 11 is 0. The maximum absolute atomic E-state index is 12.9. The lowest BCUT2D eigenvalue weighted by Crippen LogP contribution is -2.66. The Morgan fingerprint density at radius 1 is 1.09 bits per heavy atom. The molecule has 2 heterocycles. The number of hydrogen-bond donors (Lipinski definition) is 1. The number of carbonyl (C=O) groups is 2. The number of nitrogens with one attached hydrogen (secondary N) is 1. The van der Waals surface area contributed by atoms with Crippen LogP contribution in [0.3, 0.4) is 0 Å². The molecule has 2 aliphatic heterocycles. The van der Waals surface area contributed by atoms with E-state index in [4.69, 9.17) is 23.7 Å². The molecule has 4 rings (SSSR count). The van der Waals surface area contributed by atoms with Crippen molar-refractivity contribution in [3.05, 3.63) is 71.8 Å². The van der Waals surface area contributed by atoms with E-state index in [1.807, 2.05) is 30.3 Å². The molecule has 2 saturated heterocycles. The number of ether oxygens (including phenoxy) is 5. The van der Waals surface area contributed by atoms with Crippen LogP contribution in [0.1, 0.15) is 22.2 Å². The lowest BCUT2D eigenvalue weighted by molar-refractivity contribution is -0.314. The van der Waals surface area contributed by atoms with E-state index in [9.17, 15) is 14.9 Å². The van der Waals surface area contributed by atoms with E-state index in [2.05, 4.69) is 11.4 Å². The zero-order valence-electron chi connectivity index (χ0n) is 18.0. The maximum atomic E-state index is 12.9. The van der Waals surface area contributed by atoms with Crippen LogP contribution in [0.25, 0.3) is 0 Å². The molecule has 0 spiro atoms. The molecule has 3 unspecified atom stereocenters. The van der Waals surface area contributed by atoms with E-state index in [0.717, 1.165) is 5.56 Å². The van der Waals surface area contributed by atoms with Gasteiger partial charge in [-0.25, -0.2) is 4.79 Å². The number of benzene rings is 2. The second-order valence-corrected chi connectivity index (χ2v) is 7.62. The summed E-state index contributed by atoms with van der Waals surface area (Å²) in [7, 11) is 1.25. The number of rotatable bonds is 6. The largest absolute Gasteiger partial charge is 0.467 e. The van der Waals surface area contributed by atoms with Crippen LogP contribution in [0.4, 0.5) is 0 Å². The quantitative estimate of drug-likeness (QED) is 0.659. The summed E-state index contributed by atoms with van der Waals surface area (Å²) in [5.74, 6) is -0.993. The molecule has 0 bridgehead atoms. The third kappa shape index (κ3) is 5.21. The predicted octanol–water partition coefficient (Wildman–Crippen LogP) is 1.75. The second-order valence-electron chi connectivity index (χ2n) is 7.62. The van der Waals surface area contributed by atoms with Gasteiger partial charge in [0.15, 0.2) is 12.4 Å². The highest BCUT2D eigenvalue weighted by Gasteiger charge is 2.51. The Labute approximate surface area is 191 Å². The van der Waals surface area contributed by atoms with Gasteiger partial charge in [0.2, 0.25) is 0 Å². The molecule has 0 aliphatic carbocycles. The maximum Gasteiger partial charge on any atom is 0.331 e. The first-order valence-electron chi connectivity index (χ1n) is 10.5. The first-order chi connectivity index (χ1) is 16.1. The summed E-state index contributed by atoms with van der Waals surface area (Å²) < 4.78 is 28.5. The first kappa shape index (κ1) is 22.9. The first-order valence-corrected chi connectivity index (χ1v) is 10.5. The van der Waals surface area contributed by atoms with E-state index < -0.39 is 48.6 Å². The Bertz CT molecular complexity index is 995. The van der Waals surface area contributed by atoms with Gasteiger partial charge in [0.05, 0.1) is 25.8 Å². The van der Waals surface area contributed by atoms with Crippen molar-refractivity contribution < 1.29 is 33.3 Å². The molecular formula is C24H24N2O7. The topological polar surface area (TPSA) is 116 Å². The van der Waals surface area contributed by atoms with Gasteiger partial charge in [0, 0.05) is 11.1 Å². The number of nitriles is 1. The third-order valence-corrected chi connectivity index (χ3v) is 5.54. The number of hydrogen-bond acceptors (Lipinski definition) is 8. The fraction of sp³-hybridized carbons (Fsp3) is 0.375. The molecule has 2 aliphatic rings. The van der Waals surface area contributed by atoms with E-state index in [0.29, 0.717) is 5.56 Å². The summed E-state index contributed by atoms with van der Waals surface area (Å²) in [6.07, 6.45) is -3.93. The minimum absolute atomic E-state index is 0.153. The van der Waals surface area contributed by atoms with Gasteiger partial charge in [-0.1, -0.05) is 48.5 Å². The number of methoxy groups -OCH3 is 1. The smallest absolute Gasteiger partial charge is 0.331 e. The molecule has 2 fully saturated rings. The fourth-order valence-electron chi connectivity index (χ4n) is 3.90. The average molecular weight is 452 g/mol. The standard InChI is InChI=1S/C24H24N2O7/c1-29-19(27)14-30-22-20(26-23(28)15-8-4-2-5-9-15)17(12-25)32-18-13-31-24(33-21(18)22)16-10-6-3-7-11-16/h2-11,17-18,20-22,24H,13-14H2,1H3,(H,26,28)/t17-,18?,20?,21-,22+,24?/m0/s1. The monoisotopic (exact) mass is 452 g/mol. The molecule has 9 nitrogen and oxygen atoms in total. The molecule has 2 aromatic carbocycles. The molecular weight excluding hydrogens is 428 g/mol. The normalized spacial score (nSPS) is 28.7. The highest BCUT2D eigenvalue weighted by molar-refractivity contribution is 5.94. The van der Waals surface area contributed by atoms with Gasteiger partial charge in [-0.05, 0) is 12.1 Å². The van der Waals surface area contributed by atoms with Crippen LogP contribution >= 0.6 is 0 Å². The second kappa shape index (κ2) is 10.6. The SMILES string of the molecule is COC(=O)CO[C@@H]1C(NC(=O)c2ccccc2)[C@H](C#N)OC2COC(c3ccccc3)O[C@@H]21. The molecule has 33 heavy (non-hydrogen) atoms. The number of fused-ring (bicyclic) bond motifs is 1. The van der Waals surface area contributed by atoms with Crippen molar-refractivity contribution in [2.75, 3.05) is 20.3 Å². The van der Waals surface area contributed by atoms with Gasteiger partial charge in [-0.15, -0.1) is 0 Å². The zero-order valence-corrected chi connectivity index (χ0v) is 18.0. The number of nitrogens with zero attached hydrogens (tertiary/aromatic N) is 1. The van der Waals surface area contributed by atoms with Gasteiger partial charge < -0.3 is 29.0 Å². The molecule has 172 valence electrons. The van der Waals surface area contributed by atoms with Crippen LogP contribution in [0.2, 0.25) is 0 Å². The van der Waals surface area contributed by atoms with Crippen LogP contribution in [0.5, 0.6) is 0 Å². The van der Waals surface area contributed by atoms with Crippen molar-refractivity contribution in [3.8, 4) is 6.07 Å². The van der Waals surface area contributed by atoms with Crippen LogP contribution in [0.15, 0.2) is 60.7 Å².